The molecule has 0 unspecified atom stereocenters. The molecule has 0 aliphatic rings. The fourth-order valence-electron chi connectivity index (χ4n) is 1.78. The molecule has 0 aliphatic heterocycles. The van der Waals surface area contributed by atoms with Gasteiger partial charge < -0.3 is 10.5 Å². The fraction of sp³-hybridized carbons (Fsp3) is 0.333. The van der Waals surface area contributed by atoms with Crippen molar-refractivity contribution in [3.63, 3.8) is 0 Å². The lowest BCUT2D eigenvalue weighted by Crippen LogP contribution is -2.05. The molecule has 0 radical (unpaired) electrons. The Morgan fingerprint density at radius 1 is 1.29 bits per heavy atom. The van der Waals surface area contributed by atoms with Gasteiger partial charge in [0.2, 0.25) is 0 Å². The molecule has 1 heterocycles. The molecule has 1 aromatic heterocycles. The maximum Gasteiger partial charge on any atom is 0.147 e. The molecule has 0 fully saturated rings. The summed E-state index contributed by atoms with van der Waals surface area (Å²) in [5.41, 5.74) is 7.55. The molecule has 0 aliphatic carbocycles. The molecule has 90 valence electrons. The second kappa shape index (κ2) is 4.45. The Hall–Kier alpha value is -2.04. The van der Waals surface area contributed by atoms with Crippen molar-refractivity contribution in [3.05, 3.63) is 35.4 Å². The van der Waals surface area contributed by atoms with Crippen LogP contribution in [0.1, 0.15) is 17.2 Å². The van der Waals surface area contributed by atoms with Crippen molar-refractivity contribution in [2.45, 2.75) is 20.4 Å². The number of nitrogens with zero attached hydrogens (tertiary/aromatic N) is 3. The van der Waals surface area contributed by atoms with Gasteiger partial charge in [0, 0.05) is 11.8 Å². The lowest BCUT2D eigenvalue weighted by atomic mass is 10.2. The van der Waals surface area contributed by atoms with Gasteiger partial charge in [-0.3, -0.25) is 0 Å². The van der Waals surface area contributed by atoms with Gasteiger partial charge >= 0.3 is 0 Å². The predicted molar refractivity (Wildman–Crippen MR) is 66.0 cm³/mol. The molecule has 0 bridgehead atoms. The summed E-state index contributed by atoms with van der Waals surface area (Å²) < 4.78 is 7.03. The van der Waals surface area contributed by atoms with Crippen LogP contribution in [0.25, 0.3) is 0 Å². The van der Waals surface area contributed by atoms with Crippen molar-refractivity contribution >= 4 is 5.69 Å². The number of benzene rings is 1. The Bertz CT molecular complexity index is 533. The van der Waals surface area contributed by atoms with E-state index in [-0.39, 0.29) is 0 Å². The van der Waals surface area contributed by atoms with Crippen LogP contribution in [0.3, 0.4) is 0 Å². The Kier molecular flexibility index (Phi) is 2.99. The van der Waals surface area contributed by atoms with E-state index in [0.717, 1.165) is 23.0 Å². The normalized spacial score (nSPS) is 10.5. The first-order chi connectivity index (χ1) is 8.08. The highest BCUT2D eigenvalue weighted by Crippen LogP contribution is 2.19. The van der Waals surface area contributed by atoms with Gasteiger partial charge in [-0.1, -0.05) is 0 Å². The van der Waals surface area contributed by atoms with Crippen molar-refractivity contribution in [1.29, 1.82) is 0 Å². The minimum atomic E-state index is 0.647. The van der Waals surface area contributed by atoms with Crippen LogP contribution in [0.4, 0.5) is 5.69 Å². The molecule has 0 amide bonds. The number of nitrogen functional groups attached to an aromatic ring is 1. The van der Waals surface area contributed by atoms with Crippen molar-refractivity contribution < 1.29 is 4.74 Å². The number of aryl methyl sites for hydroxylation is 2. The third-order valence-corrected chi connectivity index (χ3v) is 2.52. The fourth-order valence-corrected chi connectivity index (χ4v) is 1.78. The van der Waals surface area contributed by atoms with E-state index in [1.165, 1.54) is 0 Å². The Morgan fingerprint density at radius 3 is 2.65 bits per heavy atom. The molecule has 2 rings (SSSR count). The SMILES string of the molecule is COc1cc(N)cc(Cn2nc(C)nc2C)c1. The lowest BCUT2D eigenvalue weighted by Gasteiger charge is -2.07. The molecule has 0 atom stereocenters. The van der Waals surface area contributed by atoms with Crippen molar-refractivity contribution in [1.82, 2.24) is 14.8 Å². The number of methoxy groups -OCH3 is 1. The largest absolute Gasteiger partial charge is 0.497 e. The zero-order valence-corrected chi connectivity index (χ0v) is 10.3. The van der Waals surface area contributed by atoms with Gasteiger partial charge in [-0.2, -0.15) is 5.10 Å². The van der Waals surface area contributed by atoms with E-state index in [1.807, 2.05) is 30.7 Å². The molecule has 17 heavy (non-hydrogen) atoms. The molecular weight excluding hydrogens is 216 g/mol. The maximum atomic E-state index is 5.81. The first-order valence-electron chi connectivity index (χ1n) is 5.40. The first kappa shape index (κ1) is 11.4. The van der Waals surface area contributed by atoms with E-state index in [9.17, 15) is 0 Å². The highest BCUT2D eigenvalue weighted by atomic mass is 16.5. The van der Waals surface area contributed by atoms with Gasteiger partial charge in [0.15, 0.2) is 0 Å². The van der Waals surface area contributed by atoms with Gasteiger partial charge in [0.1, 0.15) is 17.4 Å². The second-order valence-electron chi connectivity index (χ2n) is 3.98. The topological polar surface area (TPSA) is 66.0 Å². The molecule has 0 saturated carbocycles. The molecule has 5 nitrogen and oxygen atoms in total. The van der Waals surface area contributed by atoms with E-state index in [2.05, 4.69) is 10.1 Å². The standard InChI is InChI=1S/C12H16N4O/c1-8-14-9(2)16(15-8)7-10-4-11(13)6-12(5-10)17-3/h4-6H,7,13H2,1-3H3. The Balaban J connectivity index is 2.29. The molecule has 5 heteroatoms. The molecule has 2 aromatic rings. The van der Waals surface area contributed by atoms with E-state index < -0.39 is 0 Å². The van der Waals surface area contributed by atoms with Crippen LogP contribution in [0, 0.1) is 13.8 Å². The first-order valence-corrected chi connectivity index (χ1v) is 5.40. The number of anilines is 1. The van der Waals surface area contributed by atoms with Gasteiger partial charge in [-0.15, -0.1) is 0 Å². The Labute approximate surface area is 100 Å². The van der Waals surface area contributed by atoms with E-state index in [4.69, 9.17) is 10.5 Å². The van der Waals surface area contributed by atoms with Gasteiger partial charge in [-0.25, -0.2) is 9.67 Å². The summed E-state index contributed by atoms with van der Waals surface area (Å²) in [7, 11) is 1.63. The Morgan fingerprint density at radius 2 is 2.06 bits per heavy atom. The van der Waals surface area contributed by atoms with Crippen LogP contribution in [0.2, 0.25) is 0 Å². The van der Waals surface area contributed by atoms with Gasteiger partial charge in [0.25, 0.3) is 0 Å². The number of ether oxygens (including phenoxy) is 1. The van der Waals surface area contributed by atoms with Crippen LogP contribution < -0.4 is 10.5 Å². The third-order valence-electron chi connectivity index (χ3n) is 2.52. The average Bonchev–Trinajstić information content (AvgIpc) is 2.56. The summed E-state index contributed by atoms with van der Waals surface area (Å²) in [6.45, 7) is 4.46. The zero-order chi connectivity index (χ0) is 12.4. The number of rotatable bonds is 3. The molecule has 0 saturated heterocycles. The van der Waals surface area contributed by atoms with E-state index in [1.54, 1.807) is 13.2 Å². The quantitative estimate of drug-likeness (QED) is 0.815. The number of hydrogen-bond donors (Lipinski definition) is 1. The summed E-state index contributed by atoms with van der Waals surface area (Å²) in [4.78, 5) is 4.26. The summed E-state index contributed by atoms with van der Waals surface area (Å²) in [5.74, 6) is 2.43. The molecule has 0 spiro atoms. The zero-order valence-electron chi connectivity index (χ0n) is 10.3. The minimum absolute atomic E-state index is 0.647. The third kappa shape index (κ3) is 2.55. The average molecular weight is 232 g/mol. The van der Waals surface area contributed by atoms with Crippen molar-refractivity contribution in [2.75, 3.05) is 12.8 Å². The summed E-state index contributed by atoms with van der Waals surface area (Å²) in [6, 6.07) is 5.66. The maximum absolute atomic E-state index is 5.81. The smallest absolute Gasteiger partial charge is 0.147 e. The van der Waals surface area contributed by atoms with Crippen LogP contribution in [0.5, 0.6) is 5.75 Å². The molecule has 1 aromatic carbocycles. The second-order valence-corrected chi connectivity index (χ2v) is 3.98. The van der Waals surface area contributed by atoms with Crippen molar-refractivity contribution in [3.8, 4) is 5.75 Å². The van der Waals surface area contributed by atoms with Crippen molar-refractivity contribution in [2.24, 2.45) is 0 Å². The molecular formula is C12H16N4O. The van der Waals surface area contributed by atoms with Gasteiger partial charge in [0.05, 0.1) is 13.7 Å². The molecule has 2 N–H and O–H groups in total. The lowest BCUT2D eigenvalue weighted by molar-refractivity contribution is 0.414. The summed E-state index contributed by atoms with van der Waals surface area (Å²) >= 11 is 0. The van der Waals surface area contributed by atoms with Gasteiger partial charge in [-0.05, 0) is 31.5 Å². The van der Waals surface area contributed by atoms with E-state index in [0.29, 0.717) is 12.2 Å². The van der Waals surface area contributed by atoms with Crippen LogP contribution in [-0.2, 0) is 6.54 Å². The van der Waals surface area contributed by atoms with E-state index >= 15 is 0 Å². The van der Waals surface area contributed by atoms with Crippen LogP contribution >= 0.6 is 0 Å². The number of hydrogen-bond acceptors (Lipinski definition) is 4. The highest BCUT2D eigenvalue weighted by Gasteiger charge is 2.05. The summed E-state index contributed by atoms with van der Waals surface area (Å²) in [6.07, 6.45) is 0. The predicted octanol–water partition coefficient (Wildman–Crippen LogP) is 1.53. The monoisotopic (exact) mass is 232 g/mol. The number of nitrogens with two attached hydrogens (primary N) is 1. The highest BCUT2D eigenvalue weighted by molar-refractivity contribution is 5.47. The number of aromatic nitrogens is 3. The minimum Gasteiger partial charge on any atom is -0.497 e. The van der Waals surface area contributed by atoms with Crippen LogP contribution in [-0.4, -0.2) is 21.9 Å². The summed E-state index contributed by atoms with van der Waals surface area (Å²) in [5, 5.41) is 4.31. The van der Waals surface area contributed by atoms with Crippen LogP contribution in [0.15, 0.2) is 18.2 Å².